The molecule has 4 rings (SSSR count). The molecular weight excluding hydrogens is 394 g/mol. The van der Waals surface area contributed by atoms with E-state index in [9.17, 15) is 4.79 Å². The van der Waals surface area contributed by atoms with Crippen LogP contribution in [-0.4, -0.2) is 57.9 Å². The Morgan fingerprint density at radius 1 is 1.15 bits per heavy atom. The van der Waals surface area contributed by atoms with E-state index in [-0.39, 0.29) is 11.8 Å². The van der Waals surface area contributed by atoms with Crippen LogP contribution >= 0.6 is 34.9 Å². The molecule has 0 spiro atoms. The number of rotatable bonds is 4. The number of hydrogen-bond acceptors (Lipinski definition) is 6. The number of nitrogens with zero attached hydrogens (tertiary/aromatic N) is 2. The van der Waals surface area contributed by atoms with Crippen LogP contribution in [0.4, 0.5) is 5.69 Å². The molecule has 144 valence electrons. The lowest BCUT2D eigenvalue weighted by Crippen LogP contribution is -2.45. The standard InChI is InChI=1S/C20H25N3OS3/c24-20(22-17-3-1-2-16(10-17)19-13-27-14-21-19)15-4-6-23(7-5-15)18-11-25-8-9-26-12-18/h1-3,10,13-15,18H,4-9,11-12H2,(H,22,24). The van der Waals surface area contributed by atoms with Crippen LogP contribution in [0.5, 0.6) is 0 Å². The van der Waals surface area contributed by atoms with Gasteiger partial charge in [0.05, 0.1) is 11.2 Å². The normalized spacial score (nSPS) is 20.3. The minimum atomic E-state index is 0.121. The Hall–Kier alpha value is -1.02. The van der Waals surface area contributed by atoms with E-state index in [0.29, 0.717) is 6.04 Å². The lowest BCUT2D eigenvalue weighted by Gasteiger charge is -2.36. The van der Waals surface area contributed by atoms with Crippen LogP contribution in [0.1, 0.15) is 12.8 Å². The van der Waals surface area contributed by atoms with Crippen LogP contribution < -0.4 is 5.32 Å². The molecule has 27 heavy (non-hydrogen) atoms. The van der Waals surface area contributed by atoms with Crippen molar-refractivity contribution in [2.45, 2.75) is 18.9 Å². The smallest absolute Gasteiger partial charge is 0.227 e. The maximum absolute atomic E-state index is 12.8. The summed E-state index contributed by atoms with van der Waals surface area (Å²) in [6.45, 7) is 2.09. The molecule has 2 aromatic rings. The predicted octanol–water partition coefficient (Wildman–Crippen LogP) is 4.31. The van der Waals surface area contributed by atoms with Crippen molar-refractivity contribution >= 4 is 46.5 Å². The fourth-order valence-electron chi connectivity index (χ4n) is 3.70. The molecule has 0 saturated carbocycles. The Balaban J connectivity index is 1.31. The number of nitrogens with one attached hydrogen (secondary N) is 1. The molecular formula is C20H25N3OS3. The van der Waals surface area contributed by atoms with Crippen LogP contribution in [0.3, 0.4) is 0 Å². The summed E-state index contributed by atoms with van der Waals surface area (Å²) in [5, 5.41) is 5.16. The first kappa shape index (κ1) is 19.3. The van der Waals surface area contributed by atoms with E-state index in [2.05, 4.69) is 38.7 Å². The molecule has 0 unspecified atom stereocenters. The summed E-state index contributed by atoms with van der Waals surface area (Å²) in [5.41, 5.74) is 4.71. The van der Waals surface area contributed by atoms with Gasteiger partial charge in [0.25, 0.3) is 0 Å². The number of carbonyl (C=O) groups excluding carboxylic acids is 1. The summed E-state index contributed by atoms with van der Waals surface area (Å²) in [4.78, 5) is 19.7. The maximum atomic E-state index is 12.8. The summed E-state index contributed by atoms with van der Waals surface area (Å²) >= 11 is 5.74. The lowest BCUT2D eigenvalue weighted by atomic mass is 9.95. The van der Waals surface area contributed by atoms with Crippen molar-refractivity contribution in [2.75, 3.05) is 41.4 Å². The van der Waals surface area contributed by atoms with E-state index >= 15 is 0 Å². The summed E-state index contributed by atoms with van der Waals surface area (Å²) in [6, 6.07) is 8.67. The molecule has 7 heteroatoms. The summed E-state index contributed by atoms with van der Waals surface area (Å²) in [5.74, 6) is 5.32. The first-order chi connectivity index (χ1) is 13.3. The highest BCUT2D eigenvalue weighted by Gasteiger charge is 2.29. The lowest BCUT2D eigenvalue weighted by molar-refractivity contribution is -0.121. The van der Waals surface area contributed by atoms with Crippen molar-refractivity contribution in [2.24, 2.45) is 5.92 Å². The molecule has 0 bridgehead atoms. The van der Waals surface area contributed by atoms with Crippen LogP contribution in [0.2, 0.25) is 0 Å². The number of piperidine rings is 1. The molecule has 4 nitrogen and oxygen atoms in total. The van der Waals surface area contributed by atoms with Gasteiger partial charge in [-0.15, -0.1) is 11.3 Å². The number of benzene rings is 1. The van der Waals surface area contributed by atoms with Crippen molar-refractivity contribution in [3.63, 3.8) is 0 Å². The van der Waals surface area contributed by atoms with Gasteiger partial charge in [0, 0.05) is 51.6 Å². The van der Waals surface area contributed by atoms with Gasteiger partial charge in [-0.25, -0.2) is 4.98 Å². The van der Waals surface area contributed by atoms with Gasteiger partial charge in [-0.3, -0.25) is 9.69 Å². The third-order valence-electron chi connectivity index (χ3n) is 5.27. The summed E-state index contributed by atoms with van der Waals surface area (Å²) in [6.07, 6.45) is 1.92. The molecule has 1 amide bonds. The molecule has 3 heterocycles. The third-order valence-corrected chi connectivity index (χ3v) is 8.34. The summed E-state index contributed by atoms with van der Waals surface area (Å²) < 4.78 is 0. The number of anilines is 1. The van der Waals surface area contributed by atoms with Gasteiger partial charge in [-0.2, -0.15) is 23.5 Å². The van der Waals surface area contributed by atoms with Gasteiger partial charge >= 0.3 is 0 Å². The van der Waals surface area contributed by atoms with Crippen molar-refractivity contribution < 1.29 is 4.79 Å². The Morgan fingerprint density at radius 2 is 1.93 bits per heavy atom. The minimum absolute atomic E-state index is 0.121. The molecule has 1 aromatic heterocycles. The molecule has 0 atom stereocenters. The van der Waals surface area contributed by atoms with E-state index in [1.165, 1.54) is 23.0 Å². The van der Waals surface area contributed by atoms with E-state index < -0.39 is 0 Å². The highest BCUT2D eigenvalue weighted by atomic mass is 32.2. The van der Waals surface area contributed by atoms with E-state index in [1.807, 2.05) is 35.2 Å². The van der Waals surface area contributed by atoms with Crippen LogP contribution in [0.25, 0.3) is 11.3 Å². The predicted molar refractivity (Wildman–Crippen MR) is 119 cm³/mol. The fourth-order valence-corrected chi connectivity index (χ4v) is 6.89. The zero-order valence-corrected chi connectivity index (χ0v) is 17.8. The average molecular weight is 420 g/mol. The molecule has 2 fully saturated rings. The maximum Gasteiger partial charge on any atom is 0.227 e. The molecule has 0 radical (unpaired) electrons. The Morgan fingerprint density at radius 3 is 2.63 bits per heavy atom. The monoisotopic (exact) mass is 419 g/mol. The van der Waals surface area contributed by atoms with E-state index in [4.69, 9.17) is 0 Å². The molecule has 1 N–H and O–H groups in total. The topological polar surface area (TPSA) is 45.2 Å². The van der Waals surface area contributed by atoms with Crippen molar-refractivity contribution in [3.05, 3.63) is 35.2 Å². The SMILES string of the molecule is O=C(Nc1cccc(-c2cscn2)c1)C1CCN(C2CSCCSC2)CC1. The minimum Gasteiger partial charge on any atom is -0.326 e. The van der Waals surface area contributed by atoms with E-state index in [0.717, 1.165) is 42.9 Å². The largest absolute Gasteiger partial charge is 0.326 e. The average Bonchev–Trinajstić information content (AvgIpc) is 3.11. The Kier molecular flexibility index (Phi) is 6.76. The van der Waals surface area contributed by atoms with Gasteiger partial charge in [0.2, 0.25) is 5.91 Å². The number of hydrogen-bond donors (Lipinski definition) is 1. The molecule has 1 aromatic carbocycles. The highest BCUT2D eigenvalue weighted by molar-refractivity contribution is 8.03. The number of thioether (sulfide) groups is 2. The fraction of sp³-hybridized carbons (Fsp3) is 0.500. The molecule has 0 aliphatic carbocycles. The zero-order chi connectivity index (χ0) is 18.5. The number of likely N-dealkylation sites (tertiary alicyclic amines) is 1. The number of carbonyl (C=O) groups is 1. The molecule has 2 aliphatic heterocycles. The van der Waals surface area contributed by atoms with Gasteiger partial charge < -0.3 is 5.32 Å². The second-order valence-corrected chi connectivity index (χ2v) is 10.1. The zero-order valence-electron chi connectivity index (χ0n) is 15.3. The first-order valence-electron chi connectivity index (χ1n) is 9.48. The quantitative estimate of drug-likeness (QED) is 0.800. The number of amides is 1. The van der Waals surface area contributed by atoms with Crippen molar-refractivity contribution in [3.8, 4) is 11.3 Å². The van der Waals surface area contributed by atoms with Crippen LogP contribution in [0.15, 0.2) is 35.2 Å². The Bertz CT molecular complexity index is 737. The highest BCUT2D eigenvalue weighted by Crippen LogP contribution is 2.27. The van der Waals surface area contributed by atoms with Crippen LogP contribution in [0, 0.1) is 5.92 Å². The number of thiazole rings is 1. The van der Waals surface area contributed by atoms with Gasteiger partial charge in [0.1, 0.15) is 0 Å². The molecule has 2 aliphatic rings. The van der Waals surface area contributed by atoms with Crippen molar-refractivity contribution in [1.29, 1.82) is 0 Å². The first-order valence-corrected chi connectivity index (χ1v) is 12.7. The number of aromatic nitrogens is 1. The third kappa shape index (κ3) is 5.08. The second kappa shape index (κ2) is 9.45. The Labute approximate surface area is 173 Å². The van der Waals surface area contributed by atoms with Gasteiger partial charge in [-0.05, 0) is 38.1 Å². The second-order valence-electron chi connectivity index (χ2n) is 7.06. The van der Waals surface area contributed by atoms with Gasteiger partial charge in [-0.1, -0.05) is 12.1 Å². The van der Waals surface area contributed by atoms with E-state index in [1.54, 1.807) is 11.3 Å². The summed E-state index contributed by atoms with van der Waals surface area (Å²) in [7, 11) is 0. The van der Waals surface area contributed by atoms with Crippen molar-refractivity contribution in [1.82, 2.24) is 9.88 Å². The molecule has 2 saturated heterocycles. The van der Waals surface area contributed by atoms with Crippen LogP contribution in [-0.2, 0) is 4.79 Å². The van der Waals surface area contributed by atoms with Gasteiger partial charge in [0.15, 0.2) is 0 Å².